The summed E-state index contributed by atoms with van der Waals surface area (Å²) in [6, 6.07) is 13.6. The van der Waals surface area contributed by atoms with Crippen LogP contribution in [0.4, 0.5) is 10.1 Å². The average molecular weight is 470 g/mol. The molecule has 168 valence electrons. The van der Waals surface area contributed by atoms with E-state index >= 15 is 0 Å². The Morgan fingerprint density at radius 2 is 1.94 bits per heavy atom. The van der Waals surface area contributed by atoms with E-state index in [4.69, 9.17) is 4.98 Å². The predicted molar refractivity (Wildman–Crippen MR) is 134 cm³/mol. The summed E-state index contributed by atoms with van der Waals surface area (Å²) in [5.41, 5.74) is 6.75. The smallest absolute Gasteiger partial charge is 0.176 e. The number of H-pyrrole nitrogens is 2. The third kappa shape index (κ3) is 3.60. The number of anilines is 1. The number of thiophene rings is 1. The van der Waals surface area contributed by atoms with Gasteiger partial charge >= 0.3 is 0 Å². The van der Waals surface area contributed by atoms with E-state index in [1.807, 2.05) is 30.6 Å². The molecule has 0 aliphatic heterocycles. The van der Waals surface area contributed by atoms with Gasteiger partial charge in [-0.1, -0.05) is 6.07 Å². The summed E-state index contributed by atoms with van der Waals surface area (Å²) in [5, 5.41) is 11.7. The molecule has 7 nitrogen and oxygen atoms in total. The normalized spacial score (nSPS) is 11.6. The van der Waals surface area contributed by atoms with Crippen molar-refractivity contribution in [1.82, 2.24) is 30.1 Å². The molecule has 6 aromatic rings. The highest BCUT2D eigenvalue weighted by Crippen LogP contribution is 2.34. The maximum atomic E-state index is 13.6. The van der Waals surface area contributed by atoms with Gasteiger partial charge in [-0.2, -0.15) is 9.49 Å². The number of pyridine rings is 2. The number of rotatable bonds is 5. The molecule has 0 spiro atoms. The molecule has 0 saturated heterocycles. The minimum Gasteiger partial charge on any atom is -0.382 e. The molecular formula is C25H20FN7S. The molecule has 1 aromatic carbocycles. The average Bonchev–Trinajstić information content (AvgIpc) is 3.55. The van der Waals surface area contributed by atoms with Gasteiger partial charge < -0.3 is 10.3 Å². The first-order chi connectivity index (χ1) is 16.5. The molecule has 0 fully saturated rings. The molecule has 0 aliphatic rings. The summed E-state index contributed by atoms with van der Waals surface area (Å²) in [6.07, 6.45) is 5.37. The summed E-state index contributed by atoms with van der Waals surface area (Å²) in [7, 11) is 0. The lowest BCUT2D eigenvalue weighted by Gasteiger charge is -2.11. The van der Waals surface area contributed by atoms with Crippen LogP contribution in [0.5, 0.6) is 0 Å². The van der Waals surface area contributed by atoms with Crippen LogP contribution in [0.1, 0.15) is 13.8 Å². The number of nitrogens with zero attached hydrogens (tertiary/aromatic N) is 4. The van der Waals surface area contributed by atoms with Gasteiger partial charge in [-0.3, -0.25) is 10.1 Å². The van der Waals surface area contributed by atoms with Crippen LogP contribution in [0.25, 0.3) is 55.2 Å². The zero-order valence-corrected chi connectivity index (χ0v) is 19.2. The van der Waals surface area contributed by atoms with Gasteiger partial charge in [-0.15, -0.1) is 11.3 Å². The predicted octanol–water partition coefficient (Wildman–Crippen LogP) is 6.25. The van der Waals surface area contributed by atoms with E-state index in [1.54, 1.807) is 12.3 Å². The minimum absolute atomic E-state index is 0.233. The maximum Gasteiger partial charge on any atom is 0.176 e. The number of nitrogens with one attached hydrogen (secondary N) is 3. The van der Waals surface area contributed by atoms with Crippen LogP contribution < -0.4 is 5.32 Å². The zero-order valence-electron chi connectivity index (χ0n) is 18.4. The van der Waals surface area contributed by atoms with Crippen molar-refractivity contribution in [3.63, 3.8) is 0 Å². The van der Waals surface area contributed by atoms with Crippen molar-refractivity contribution in [3.8, 4) is 33.1 Å². The van der Waals surface area contributed by atoms with E-state index in [0.29, 0.717) is 28.7 Å². The fourth-order valence-electron chi connectivity index (χ4n) is 4.06. The minimum atomic E-state index is -0.233. The number of halogens is 1. The van der Waals surface area contributed by atoms with Gasteiger partial charge in [-0.05, 0) is 55.8 Å². The van der Waals surface area contributed by atoms with E-state index in [9.17, 15) is 4.39 Å². The van der Waals surface area contributed by atoms with Crippen LogP contribution in [0.15, 0.2) is 61.1 Å². The lowest BCUT2D eigenvalue weighted by molar-refractivity contribution is 0.657. The summed E-state index contributed by atoms with van der Waals surface area (Å²) >= 11 is 1.09. The molecule has 6 rings (SSSR count). The van der Waals surface area contributed by atoms with Crippen LogP contribution in [0, 0.1) is 5.13 Å². The number of hydrogen-bond donors (Lipinski definition) is 3. The van der Waals surface area contributed by atoms with Crippen LogP contribution >= 0.6 is 11.3 Å². The topological polar surface area (TPSA) is 95.2 Å². The van der Waals surface area contributed by atoms with Crippen LogP contribution in [-0.2, 0) is 0 Å². The Kier molecular flexibility index (Phi) is 4.84. The van der Waals surface area contributed by atoms with E-state index in [-0.39, 0.29) is 5.13 Å². The molecule has 34 heavy (non-hydrogen) atoms. The zero-order chi connectivity index (χ0) is 23.2. The molecule has 0 radical (unpaired) electrons. The molecule has 0 amide bonds. The highest BCUT2D eigenvalue weighted by atomic mass is 32.1. The quantitative estimate of drug-likeness (QED) is 0.277. The highest BCUT2D eigenvalue weighted by molar-refractivity contribution is 7.14. The molecule has 0 aliphatic carbocycles. The molecule has 0 atom stereocenters. The van der Waals surface area contributed by atoms with Crippen molar-refractivity contribution in [2.75, 3.05) is 5.32 Å². The molecule has 0 unspecified atom stereocenters. The first-order valence-electron chi connectivity index (χ1n) is 10.9. The fourth-order valence-corrected chi connectivity index (χ4v) is 4.82. The first kappa shape index (κ1) is 20.5. The van der Waals surface area contributed by atoms with Crippen molar-refractivity contribution in [3.05, 3.63) is 66.2 Å². The van der Waals surface area contributed by atoms with Crippen molar-refractivity contribution in [2.45, 2.75) is 19.9 Å². The summed E-state index contributed by atoms with van der Waals surface area (Å²) in [5.74, 6) is 0.601. The Hall–Kier alpha value is -4.11. The number of benzene rings is 1. The van der Waals surface area contributed by atoms with Gasteiger partial charge in [0.2, 0.25) is 0 Å². The van der Waals surface area contributed by atoms with Gasteiger partial charge in [0.15, 0.2) is 16.6 Å². The number of aromatic amines is 2. The Balaban J connectivity index is 1.45. The van der Waals surface area contributed by atoms with Gasteiger partial charge in [-0.25, -0.2) is 9.97 Å². The Labute approximate surface area is 198 Å². The summed E-state index contributed by atoms with van der Waals surface area (Å²) in [4.78, 5) is 17.7. The van der Waals surface area contributed by atoms with Crippen molar-refractivity contribution in [2.24, 2.45) is 0 Å². The summed E-state index contributed by atoms with van der Waals surface area (Å²) < 4.78 is 13.6. The standard InChI is InChI=1S/C25H20FN7S/c1-13(2)29-16-9-15(11-27-12-16)14-3-4-19-18(10-14)23(33-32-19)25-30-22-17(7-8-28-24(22)31-25)20-5-6-21(26)34-20/h3-13,29H,1-2H3,(H,32,33)(H,28,30,31). The fraction of sp³-hybridized carbons (Fsp3) is 0.120. The second kappa shape index (κ2) is 8.03. The second-order valence-electron chi connectivity index (χ2n) is 8.34. The monoisotopic (exact) mass is 469 g/mol. The van der Waals surface area contributed by atoms with E-state index in [1.165, 1.54) is 6.07 Å². The van der Waals surface area contributed by atoms with E-state index < -0.39 is 0 Å². The number of hydrogen-bond acceptors (Lipinski definition) is 6. The number of imidazole rings is 1. The van der Waals surface area contributed by atoms with Gasteiger partial charge in [0.1, 0.15) is 11.2 Å². The Bertz CT molecular complexity index is 1650. The number of aromatic nitrogens is 6. The molecular weight excluding hydrogens is 449 g/mol. The number of fused-ring (bicyclic) bond motifs is 2. The molecule has 3 N–H and O–H groups in total. The van der Waals surface area contributed by atoms with Crippen molar-refractivity contribution in [1.29, 1.82) is 0 Å². The van der Waals surface area contributed by atoms with Gasteiger partial charge in [0, 0.05) is 46.0 Å². The van der Waals surface area contributed by atoms with Crippen LogP contribution in [0.3, 0.4) is 0 Å². The molecule has 5 heterocycles. The van der Waals surface area contributed by atoms with Crippen molar-refractivity contribution < 1.29 is 4.39 Å². The second-order valence-corrected chi connectivity index (χ2v) is 9.37. The van der Waals surface area contributed by atoms with Crippen LogP contribution in [0.2, 0.25) is 0 Å². The molecule has 0 saturated carbocycles. The lowest BCUT2D eigenvalue weighted by Crippen LogP contribution is -2.09. The van der Waals surface area contributed by atoms with Gasteiger partial charge in [0.05, 0.1) is 11.2 Å². The third-order valence-electron chi connectivity index (χ3n) is 5.54. The molecule has 0 bridgehead atoms. The Morgan fingerprint density at radius 1 is 1.03 bits per heavy atom. The SMILES string of the molecule is CC(C)Nc1cncc(-c2ccc3[nH]nc(-c4nc5c(-c6ccc(F)s6)ccnc5[nH]4)c3c2)c1. The van der Waals surface area contributed by atoms with E-state index in [0.717, 1.165) is 49.5 Å². The van der Waals surface area contributed by atoms with Gasteiger partial charge in [0.25, 0.3) is 0 Å². The van der Waals surface area contributed by atoms with Crippen molar-refractivity contribution >= 4 is 39.1 Å². The molecule has 9 heteroatoms. The Morgan fingerprint density at radius 3 is 2.76 bits per heavy atom. The maximum absolute atomic E-state index is 13.6. The lowest BCUT2D eigenvalue weighted by atomic mass is 10.0. The van der Waals surface area contributed by atoms with E-state index in [2.05, 4.69) is 56.4 Å². The summed E-state index contributed by atoms with van der Waals surface area (Å²) in [6.45, 7) is 4.19. The highest BCUT2D eigenvalue weighted by Gasteiger charge is 2.17. The largest absolute Gasteiger partial charge is 0.382 e. The van der Waals surface area contributed by atoms with Crippen LogP contribution in [-0.4, -0.2) is 36.2 Å². The molecule has 5 aromatic heterocycles. The first-order valence-corrected chi connectivity index (χ1v) is 11.7. The third-order valence-corrected chi connectivity index (χ3v) is 6.44.